The number of benzene rings is 2. The van der Waals surface area contributed by atoms with Crippen molar-refractivity contribution in [2.24, 2.45) is 0 Å². The first-order valence-corrected chi connectivity index (χ1v) is 9.28. The molecule has 0 N–H and O–H groups in total. The van der Waals surface area contributed by atoms with Gasteiger partial charge in [0.15, 0.2) is 5.69 Å². The zero-order chi connectivity index (χ0) is 20.4. The van der Waals surface area contributed by atoms with Gasteiger partial charge in [-0.3, -0.25) is 0 Å². The zero-order valence-corrected chi connectivity index (χ0v) is 17.5. The molecule has 1 aromatic heterocycles. The molecule has 0 radical (unpaired) electrons. The van der Waals surface area contributed by atoms with E-state index in [4.69, 9.17) is 9.47 Å². The van der Waals surface area contributed by atoms with E-state index >= 15 is 0 Å². The molecule has 6 nitrogen and oxygen atoms in total. The predicted octanol–water partition coefficient (Wildman–Crippen LogP) is 4.16. The van der Waals surface area contributed by atoms with Crippen LogP contribution in [-0.4, -0.2) is 35.9 Å². The van der Waals surface area contributed by atoms with Crippen molar-refractivity contribution in [3.05, 3.63) is 68.7 Å². The van der Waals surface area contributed by atoms with Crippen LogP contribution in [0.1, 0.15) is 26.4 Å². The third-order valence-corrected chi connectivity index (χ3v) is 5.33. The maximum Gasteiger partial charge on any atom is 0.357 e. The van der Waals surface area contributed by atoms with E-state index in [1.54, 1.807) is 37.3 Å². The lowest BCUT2D eigenvalue weighted by molar-refractivity contribution is 0.0549. The molecule has 0 saturated heterocycles. The first-order valence-electron chi connectivity index (χ1n) is 8.20. The molecular weight excluding hydrogens is 478 g/mol. The molecule has 8 heteroatoms. The van der Waals surface area contributed by atoms with E-state index in [0.29, 0.717) is 20.4 Å². The highest BCUT2D eigenvalue weighted by Crippen LogP contribution is 2.31. The molecule has 0 spiro atoms. The number of esters is 2. The van der Waals surface area contributed by atoms with Gasteiger partial charge in [0.25, 0.3) is 0 Å². The minimum atomic E-state index is -0.770. The van der Waals surface area contributed by atoms with Gasteiger partial charge in [-0.2, -0.15) is 5.10 Å². The Morgan fingerprint density at radius 2 is 1.71 bits per heavy atom. The van der Waals surface area contributed by atoms with E-state index < -0.39 is 17.8 Å². The molecule has 28 heavy (non-hydrogen) atoms. The van der Waals surface area contributed by atoms with Crippen LogP contribution in [0.3, 0.4) is 0 Å². The number of para-hydroxylation sites is 1. The van der Waals surface area contributed by atoms with Gasteiger partial charge >= 0.3 is 11.9 Å². The Hall–Kier alpha value is -2.75. The summed E-state index contributed by atoms with van der Waals surface area (Å²) >= 11 is 2.01. The quantitative estimate of drug-likeness (QED) is 0.403. The van der Waals surface area contributed by atoms with Crippen LogP contribution in [0.15, 0.2) is 42.5 Å². The Morgan fingerprint density at radius 3 is 2.29 bits per heavy atom. The molecular formula is C20H16FIN2O4. The summed E-state index contributed by atoms with van der Waals surface area (Å²) in [4.78, 5) is 25.1. The molecule has 0 bridgehead atoms. The van der Waals surface area contributed by atoms with Gasteiger partial charge in [0.2, 0.25) is 0 Å². The van der Waals surface area contributed by atoms with E-state index in [1.807, 2.05) is 28.7 Å². The Balaban J connectivity index is 2.38. The van der Waals surface area contributed by atoms with Gasteiger partial charge in [-0.05, 0) is 59.3 Å². The van der Waals surface area contributed by atoms with Gasteiger partial charge in [-0.15, -0.1) is 0 Å². The molecule has 3 rings (SSSR count). The lowest BCUT2D eigenvalue weighted by Crippen LogP contribution is -2.15. The van der Waals surface area contributed by atoms with Crippen LogP contribution < -0.4 is 0 Å². The second kappa shape index (κ2) is 8.09. The number of aromatic nitrogens is 2. The van der Waals surface area contributed by atoms with Gasteiger partial charge in [0.05, 0.1) is 19.9 Å². The molecule has 144 valence electrons. The zero-order valence-electron chi connectivity index (χ0n) is 15.3. The molecule has 0 saturated carbocycles. The number of ether oxygens (including phenoxy) is 2. The summed E-state index contributed by atoms with van der Waals surface area (Å²) < 4.78 is 26.1. The SMILES string of the molecule is COC(=O)c1c(-c2cc(F)c(C)c(I)c2)nn(-c2ccccc2)c1C(=O)OC. The number of carbonyl (C=O) groups excluding carboxylic acids is 2. The van der Waals surface area contributed by atoms with Crippen LogP contribution >= 0.6 is 22.6 Å². The fourth-order valence-corrected chi connectivity index (χ4v) is 3.33. The molecule has 0 aliphatic heterocycles. The summed E-state index contributed by atoms with van der Waals surface area (Å²) in [7, 11) is 2.41. The molecule has 0 aliphatic carbocycles. The Labute approximate surface area is 174 Å². The van der Waals surface area contributed by atoms with Crippen LogP contribution in [-0.2, 0) is 9.47 Å². The number of hydrogen-bond acceptors (Lipinski definition) is 5. The van der Waals surface area contributed by atoms with Crippen molar-refractivity contribution in [3.8, 4) is 16.9 Å². The monoisotopic (exact) mass is 494 g/mol. The molecule has 0 unspecified atom stereocenters. The lowest BCUT2D eigenvalue weighted by Gasteiger charge is -2.07. The third kappa shape index (κ3) is 3.51. The maximum absolute atomic E-state index is 14.3. The van der Waals surface area contributed by atoms with Gasteiger partial charge in [-0.1, -0.05) is 18.2 Å². The molecule has 0 fully saturated rings. The number of hydrogen-bond donors (Lipinski definition) is 0. The average Bonchev–Trinajstić information content (AvgIpc) is 3.11. The summed E-state index contributed by atoms with van der Waals surface area (Å²) in [5.41, 5.74) is 1.34. The van der Waals surface area contributed by atoms with Crippen LogP contribution in [0.25, 0.3) is 16.9 Å². The highest BCUT2D eigenvalue weighted by molar-refractivity contribution is 14.1. The summed E-state index contributed by atoms with van der Waals surface area (Å²) in [5, 5.41) is 4.45. The van der Waals surface area contributed by atoms with Crippen molar-refractivity contribution in [2.45, 2.75) is 6.92 Å². The van der Waals surface area contributed by atoms with Crippen molar-refractivity contribution in [1.29, 1.82) is 0 Å². The van der Waals surface area contributed by atoms with Gasteiger partial charge in [0, 0.05) is 9.13 Å². The fraction of sp³-hybridized carbons (Fsp3) is 0.150. The van der Waals surface area contributed by atoms with E-state index in [2.05, 4.69) is 5.10 Å². The number of methoxy groups -OCH3 is 2. The van der Waals surface area contributed by atoms with E-state index in [1.165, 1.54) is 25.0 Å². The van der Waals surface area contributed by atoms with Crippen LogP contribution in [0.5, 0.6) is 0 Å². The predicted molar refractivity (Wildman–Crippen MR) is 109 cm³/mol. The summed E-state index contributed by atoms with van der Waals surface area (Å²) in [6.07, 6.45) is 0. The van der Waals surface area contributed by atoms with Crippen molar-refractivity contribution in [2.75, 3.05) is 14.2 Å². The maximum atomic E-state index is 14.3. The number of carbonyl (C=O) groups is 2. The largest absolute Gasteiger partial charge is 0.465 e. The first kappa shape index (κ1) is 20.0. The highest BCUT2D eigenvalue weighted by Gasteiger charge is 2.31. The molecule has 1 heterocycles. The van der Waals surface area contributed by atoms with E-state index in [-0.39, 0.29) is 17.0 Å². The van der Waals surface area contributed by atoms with Crippen LogP contribution in [0, 0.1) is 16.3 Å². The Bertz CT molecular complexity index is 1040. The smallest absolute Gasteiger partial charge is 0.357 e. The summed E-state index contributed by atoms with van der Waals surface area (Å²) in [5.74, 6) is -1.97. The molecule has 0 atom stereocenters. The van der Waals surface area contributed by atoms with Gasteiger partial charge in [0.1, 0.15) is 17.1 Å². The van der Waals surface area contributed by atoms with Crippen LogP contribution in [0.4, 0.5) is 4.39 Å². The average molecular weight is 494 g/mol. The summed E-state index contributed by atoms with van der Waals surface area (Å²) in [6, 6.07) is 11.8. The Morgan fingerprint density at radius 1 is 1.07 bits per heavy atom. The summed E-state index contributed by atoms with van der Waals surface area (Å²) in [6.45, 7) is 1.66. The second-order valence-electron chi connectivity index (χ2n) is 5.87. The standard InChI is InChI=1S/C20H16FIN2O4/c1-11-14(21)9-12(10-15(11)22)17-16(19(25)27-2)18(20(26)28-3)24(23-17)13-7-5-4-6-8-13/h4-10H,1-3H3. The molecule has 3 aromatic rings. The minimum Gasteiger partial charge on any atom is -0.465 e. The third-order valence-electron chi connectivity index (χ3n) is 4.21. The minimum absolute atomic E-state index is 0.0859. The first-order chi connectivity index (χ1) is 13.4. The number of nitrogens with zero attached hydrogens (tertiary/aromatic N) is 2. The van der Waals surface area contributed by atoms with Crippen molar-refractivity contribution >= 4 is 34.5 Å². The molecule has 0 amide bonds. The van der Waals surface area contributed by atoms with E-state index in [9.17, 15) is 14.0 Å². The van der Waals surface area contributed by atoms with Crippen molar-refractivity contribution in [1.82, 2.24) is 9.78 Å². The number of halogens is 2. The second-order valence-corrected chi connectivity index (χ2v) is 7.03. The van der Waals surface area contributed by atoms with Crippen LogP contribution in [0.2, 0.25) is 0 Å². The number of rotatable bonds is 4. The molecule has 0 aliphatic rings. The highest BCUT2D eigenvalue weighted by atomic mass is 127. The fourth-order valence-electron chi connectivity index (χ4n) is 2.74. The Kier molecular flexibility index (Phi) is 5.78. The lowest BCUT2D eigenvalue weighted by atomic mass is 10.0. The van der Waals surface area contributed by atoms with Gasteiger partial charge < -0.3 is 9.47 Å². The van der Waals surface area contributed by atoms with Gasteiger partial charge in [-0.25, -0.2) is 18.7 Å². The van der Waals surface area contributed by atoms with Crippen molar-refractivity contribution < 1.29 is 23.5 Å². The normalized spacial score (nSPS) is 10.6. The topological polar surface area (TPSA) is 70.4 Å². The molecule has 2 aromatic carbocycles. The van der Waals surface area contributed by atoms with Crippen molar-refractivity contribution in [3.63, 3.8) is 0 Å². The van der Waals surface area contributed by atoms with E-state index in [0.717, 1.165) is 0 Å².